The van der Waals surface area contributed by atoms with E-state index < -0.39 is 11.7 Å². The van der Waals surface area contributed by atoms with Gasteiger partial charge in [0, 0.05) is 11.6 Å². The van der Waals surface area contributed by atoms with Crippen molar-refractivity contribution in [3.63, 3.8) is 0 Å². The third-order valence-electron chi connectivity index (χ3n) is 4.61. The zero-order valence-electron chi connectivity index (χ0n) is 14.6. The molecule has 1 saturated carbocycles. The van der Waals surface area contributed by atoms with Crippen molar-refractivity contribution < 1.29 is 14.3 Å². The highest BCUT2D eigenvalue weighted by molar-refractivity contribution is 5.94. The number of ether oxygens (including phenoxy) is 1. The highest BCUT2D eigenvalue weighted by Crippen LogP contribution is 2.32. The summed E-state index contributed by atoms with van der Waals surface area (Å²) >= 11 is 0. The first-order valence-corrected chi connectivity index (χ1v) is 8.75. The first-order valence-electron chi connectivity index (χ1n) is 8.75. The number of fused-ring (bicyclic) bond motifs is 1. The molecule has 2 amide bonds. The second-order valence-corrected chi connectivity index (χ2v) is 7.75. The van der Waals surface area contributed by atoms with E-state index in [1.54, 1.807) is 0 Å². The Morgan fingerprint density at radius 2 is 1.88 bits per heavy atom. The Kier molecular flexibility index (Phi) is 4.52. The van der Waals surface area contributed by atoms with Crippen molar-refractivity contribution in [2.75, 3.05) is 0 Å². The molecule has 1 fully saturated rings. The fourth-order valence-electron chi connectivity index (χ4n) is 3.18. The summed E-state index contributed by atoms with van der Waals surface area (Å²) in [5.74, 6) is 0.00560. The lowest BCUT2D eigenvalue weighted by Gasteiger charge is -2.26. The molecule has 0 heterocycles. The van der Waals surface area contributed by atoms with E-state index in [0.29, 0.717) is 11.6 Å². The van der Waals surface area contributed by atoms with E-state index in [1.807, 2.05) is 39.0 Å². The maximum atomic E-state index is 12.3. The zero-order chi connectivity index (χ0) is 17.3. The van der Waals surface area contributed by atoms with Crippen LogP contribution in [0.4, 0.5) is 4.79 Å². The average molecular weight is 330 g/mol. The number of hydrogen-bond donors (Lipinski definition) is 2. The molecule has 0 aromatic heterocycles. The Morgan fingerprint density at radius 1 is 1.12 bits per heavy atom. The standard InChI is InChI=1S/C19H26N2O3/c1-19(2,3)24-18(23)21-16-10-8-12-11-13(7-9-15(12)16)17(22)20-14-5-4-6-14/h7,9,11,14,16H,4-6,8,10H2,1-3H3,(H,20,22)(H,21,23)/t16-/m1/s1. The molecule has 0 bridgehead atoms. The van der Waals surface area contributed by atoms with Crippen molar-refractivity contribution in [3.8, 4) is 0 Å². The predicted octanol–water partition coefficient (Wildman–Crippen LogP) is 3.48. The highest BCUT2D eigenvalue weighted by atomic mass is 16.6. The van der Waals surface area contributed by atoms with Gasteiger partial charge in [0.25, 0.3) is 5.91 Å². The molecule has 24 heavy (non-hydrogen) atoms. The van der Waals surface area contributed by atoms with E-state index in [2.05, 4.69) is 10.6 Å². The Hall–Kier alpha value is -2.04. The van der Waals surface area contributed by atoms with Crippen LogP contribution in [0.5, 0.6) is 0 Å². The van der Waals surface area contributed by atoms with Crippen molar-refractivity contribution in [1.82, 2.24) is 10.6 Å². The fourth-order valence-corrected chi connectivity index (χ4v) is 3.18. The molecule has 3 rings (SSSR count). The summed E-state index contributed by atoms with van der Waals surface area (Å²) in [5.41, 5.74) is 2.42. The predicted molar refractivity (Wildman–Crippen MR) is 92.0 cm³/mol. The number of carbonyl (C=O) groups excluding carboxylic acids is 2. The van der Waals surface area contributed by atoms with Crippen LogP contribution in [0.15, 0.2) is 18.2 Å². The van der Waals surface area contributed by atoms with Crippen LogP contribution in [0.25, 0.3) is 0 Å². The number of alkyl carbamates (subject to hydrolysis) is 1. The molecule has 2 aliphatic rings. The molecular formula is C19H26N2O3. The SMILES string of the molecule is CC(C)(C)OC(=O)N[C@@H]1CCc2cc(C(=O)NC3CCC3)ccc21. The van der Waals surface area contributed by atoms with E-state index in [0.717, 1.165) is 36.8 Å². The Bertz CT molecular complexity index is 645. The molecular weight excluding hydrogens is 304 g/mol. The van der Waals surface area contributed by atoms with Gasteiger partial charge in [-0.3, -0.25) is 4.79 Å². The average Bonchev–Trinajstić information content (AvgIpc) is 2.83. The van der Waals surface area contributed by atoms with Crippen molar-refractivity contribution in [1.29, 1.82) is 0 Å². The van der Waals surface area contributed by atoms with Crippen LogP contribution in [0, 0.1) is 0 Å². The van der Waals surface area contributed by atoms with Crippen LogP contribution in [0.3, 0.4) is 0 Å². The largest absolute Gasteiger partial charge is 0.444 e. The first-order chi connectivity index (χ1) is 11.3. The van der Waals surface area contributed by atoms with Gasteiger partial charge in [-0.2, -0.15) is 0 Å². The molecule has 1 aromatic carbocycles. The smallest absolute Gasteiger partial charge is 0.408 e. The van der Waals surface area contributed by atoms with Gasteiger partial charge in [-0.05, 0) is 76.1 Å². The maximum absolute atomic E-state index is 12.3. The number of nitrogens with one attached hydrogen (secondary N) is 2. The van der Waals surface area contributed by atoms with Crippen molar-refractivity contribution in [3.05, 3.63) is 34.9 Å². The van der Waals surface area contributed by atoms with Crippen LogP contribution < -0.4 is 10.6 Å². The third kappa shape index (κ3) is 3.89. The summed E-state index contributed by atoms with van der Waals surface area (Å²) in [4.78, 5) is 24.2. The van der Waals surface area contributed by atoms with E-state index >= 15 is 0 Å². The molecule has 2 N–H and O–H groups in total. The number of hydrogen-bond acceptors (Lipinski definition) is 3. The summed E-state index contributed by atoms with van der Waals surface area (Å²) in [6.45, 7) is 5.55. The van der Waals surface area contributed by atoms with Crippen LogP contribution in [-0.4, -0.2) is 23.6 Å². The minimum atomic E-state index is -0.505. The van der Waals surface area contributed by atoms with E-state index in [9.17, 15) is 9.59 Å². The second kappa shape index (κ2) is 6.46. The van der Waals surface area contributed by atoms with Crippen LogP contribution in [-0.2, 0) is 11.2 Å². The normalized spacial score (nSPS) is 20.0. The van der Waals surface area contributed by atoms with Crippen LogP contribution >= 0.6 is 0 Å². The van der Waals surface area contributed by atoms with Gasteiger partial charge in [-0.1, -0.05) is 6.07 Å². The van der Waals surface area contributed by atoms with Crippen LogP contribution in [0.1, 0.15) is 74.0 Å². The van der Waals surface area contributed by atoms with Gasteiger partial charge in [0.1, 0.15) is 5.60 Å². The van der Waals surface area contributed by atoms with Gasteiger partial charge >= 0.3 is 6.09 Å². The minimum Gasteiger partial charge on any atom is -0.444 e. The Balaban J connectivity index is 1.64. The van der Waals surface area contributed by atoms with E-state index in [4.69, 9.17) is 4.74 Å². The second-order valence-electron chi connectivity index (χ2n) is 7.75. The van der Waals surface area contributed by atoms with E-state index in [-0.39, 0.29) is 11.9 Å². The van der Waals surface area contributed by atoms with Gasteiger partial charge in [-0.15, -0.1) is 0 Å². The monoisotopic (exact) mass is 330 g/mol. The van der Waals surface area contributed by atoms with Gasteiger partial charge in [0.2, 0.25) is 0 Å². The maximum Gasteiger partial charge on any atom is 0.408 e. The van der Waals surface area contributed by atoms with Gasteiger partial charge in [0.15, 0.2) is 0 Å². The number of rotatable bonds is 3. The Labute approximate surface area is 143 Å². The highest BCUT2D eigenvalue weighted by Gasteiger charge is 2.27. The molecule has 2 aliphatic carbocycles. The van der Waals surface area contributed by atoms with Gasteiger partial charge < -0.3 is 15.4 Å². The summed E-state index contributed by atoms with van der Waals surface area (Å²) in [5, 5.41) is 5.99. The van der Waals surface area contributed by atoms with Crippen LogP contribution in [0.2, 0.25) is 0 Å². The van der Waals surface area contributed by atoms with Crippen molar-refractivity contribution >= 4 is 12.0 Å². The molecule has 0 saturated heterocycles. The number of amides is 2. The summed E-state index contributed by atoms with van der Waals surface area (Å²) in [6.07, 6.45) is 4.67. The molecule has 0 aliphatic heterocycles. The lowest BCUT2D eigenvalue weighted by atomic mass is 9.93. The summed E-state index contributed by atoms with van der Waals surface area (Å²) < 4.78 is 5.32. The number of carbonyl (C=O) groups is 2. The Morgan fingerprint density at radius 3 is 2.50 bits per heavy atom. The summed E-state index contributed by atoms with van der Waals surface area (Å²) in [7, 11) is 0. The van der Waals surface area contributed by atoms with Gasteiger partial charge in [-0.25, -0.2) is 4.79 Å². The molecule has 5 nitrogen and oxygen atoms in total. The van der Waals surface area contributed by atoms with Crippen molar-refractivity contribution in [2.24, 2.45) is 0 Å². The minimum absolute atomic E-state index is 0.00560. The van der Waals surface area contributed by atoms with Gasteiger partial charge in [0.05, 0.1) is 6.04 Å². The molecule has 1 aromatic rings. The lowest BCUT2D eigenvalue weighted by Crippen LogP contribution is -2.39. The molecule has 0 spiro atoms. The molecule has 130 valence electrons. The molecule has 0 radical (unpaired) electrons. The lowest BCUT2D eigenvalue weighted by molar-refractivity contribution is 0.0503. The summed E-state index contributed by atoms with van der Waals surface area (Å²) in [6, 6.07) is 6.06. The number of benzene rings is 1. The topological polar surface area (TPSA) is 67.4 Å². The first kappa shape index (κ1) is 16.8. The fraction of sp³-hybridized carbons (Fsp3) is 0.579. The van der Waals surface area contributed by atoms with E-state index in [1.165, 1.54) is 6.42 Å². The van der Waals surface area contributed by atoms with Crippen molar-refractivity contribution in [2.45, 2.75) is 70.6 Å². The molecule has 1 atom stereocenters. The molecule has 0 unspecified atom stereocenters. The number of aryl methyl sites for hydroxylation is 1. The third-order valence-corrected chi connectivity index (χ3v) is 4.61. The zero-order valence-corrected chi connectivity index (χ0v) is 14.6. The molecule has 5 heteroatoms. The quantitative estimate of drug-likeness (QED) is 0.891.